The smallest absolute Gasteiger partial charge is 0.251 e. The van der Waals surface area contributed by atoms with Crippen LogP contribution in [0.3, 0.4) is 0 Å². The fraction of sp³-hybridized carbons (Fsp3) is 0.357. The summed E-state index contributed by atoms with van der Waals surface area (Å²) < 4.78 is 7.17. The van der Waals surface area contributed by atoms with Crippen LogP contribution in [0.25, 0.3) is 20.7 Å². The van der Waals surface area contributed by atoms with Gasteiger partial charge in [-0.05, 0) is 48.6 Å². The van der Waals surface area contributed by atoms with E-state index in [-0.39, 0.29) is 11.5 Å². The van der Waals surface area contributed by atoms with Crippen LogP contribution in [-0.2, 0) is 6.54 Å². The summed E-state index contributed by atoms with van der Waals surface area (Å²) in [5.41, 5.74) is 0.939. The minimum Gasteiger partial charge on any atom is -0.497 e. The maximum absolute atomic E-state index is 13.1. The van der Waals surface area contributed by atoms with E-state index in [0.717, 1.165) is 43.4 Å². The molecule has 0 spiro atoms. The summed E-state index contributed by atoms with van der Waals surface area (Å²) in [7, 11) is 5.38. The molecular weight excluding hydrogens is 504 g/mol. The number of benzene rings is 1. The topological polar surface area (TPSA) is 66.8 Å². The third-order valence-electron chi connectivity index (χ3n) is 7.24. The molecular formula is C28H32N4O3S2. The quantitative estimate of drug-likeness (QED) is 0.352. The molecule has 7 nitrogen and oxygen atoms in total. The molecule has 37 heavy (non-hydrogen) atoms. The average Bonchev–Trinajstić information content (AvgIpc) is 3.64. The van der Waals surface area contributed by atoms with Gasteiger partial charge < -0.3 is 24.4 Å². The fourth-order valence-corrected chi connectivity index (χ4v) is 6.93. The Kier molecular flexibility index (Phi) is 7.64. The largest absolute Gasteiger partial charge is 0.497 e. The van der Waals surface area contributed by atoms with Gasteiger partial charge in [0, 0.05) is 73.6 Å². The highest BCUT2D eigenvalue weighted by Gasteiger charge is 2.24. The van der Waals surface area contributed by atoms with Gasteiger partial charge in [-0.1, -0.05) is 6.07 Å². The van der Waals surface area contributed by atoms with E-state index in [1.165, 1.54) is 20.8 Å². The van der Waals surface area contributed by atoms with Crippen molar-refractivity contribution in [1.82, 2.24) is 14.8 Å². The molecule has 3 aromatic heterocycles. The number of carbonyl (C=O) groups excluding carboxylic acids is 1. The van der Waals surface area contributed by atoms with Crippen molar-refractivity contribution in [2.45, 2.75) is 25.4 Å². The Balaban J connectivity index is 1.25. The minimum atomic E-state index is -0.265. The van der Waals surface area contributed by atoms with Crippen LogP contribution < -0.4 is 20.5 Å². The van der Waals surface area contributed by atoms with E-state index < -0.39 is 0 Å². The second kappa shape index (κ2) is 11.1. The lowest BCUT2D eigenvalue weighted by Crippen LogP contribution is -2.44. The number of rotatable bonds is 8. The van der Waals surface area contributed by atoms with Crippen LogP contribution >= 0.6 is 22.7 Å². The van der Waals surface area contributed by atoms with Gasteiger partial charge in [-0.3, -0.25) is 9.59 Å². The fourth-order valence-electron chi connectivity index (χ4n) is 5.06. The lowest BCUT2D eigenvalue weighted by Gasteiger charge is -2.37. The Morgan fingerprint density at radius 1 is 1.11 bits per heavy atom. The van der Waals surface area contributed by atoms with Crippen molar-refractivity contribution in [3.63, 3.8) is 0 Å². The highest BCUT2D eigenvalue weighted by atomic mass is 32.1. The number of piperidine rings is 1. The predicted molar refractivity (Wildman–Crippen MR) is 154 cm³/mol. The van der Waals surface area contributed by atoms with Gasteiger partial charge in [-0.2, -0.15) is 0 Å². The lowest BCUT2D eigenvalue weighted by atomic mass is 10.0. The van der Waals surface area contributed by atoms with E-state index in [9.17, 15) is 9.59 Å². The van der Waals surface area contributed by atoms with E-state index in [1.807, 2.05) is 29.5 Å². The Bertz CT molecular complexity index is 1440. The molecule has 4 heterocycles. The van der Waals surface area contributed by atoms with Gasteiger partial charge in [0.25, 0.3) is 11.5 Å². The number of hydrogen-bond acceptors (Lipinski definition) is 7. The normalized spacial score (nSPS) is 14.7. The zero-order valence-corrected chi connectivity index (χ0v) is 23.0. The lowest BCUT2D eigenvalue weighted by molar-refractivity contribution is 0.0964. The SMILES string of the molecule is CNC(=O)c1cc(=O)n(CCN2CCC(N(C)c3ccc(-c4cccs4)s3)CC2)c2cc(OC)ccc12. The van der Waals surface area contributed by atoms with Crippen LogP contribution in [0.4, 0.5) is 5.00 Å². The molecule has 0 aliphatic carbocycles. The summed E-state index contributed by atoms with van der Waals surface area (Å²) in [6.07, 6.45) is 2.17. The number of thiophene rings is 2. The van der Waals surface area contributed by atoms with Crippen LogP contribution in [0, 0.1) is 0 Å². The summed E-state index contributed by atoms with van der Waals surface area (Å²) in [6.45, 7) is 3.32. The zero-order valence-electron chi connectivity index (χ0n) is 21.4. The van der Waals surface area contributed by atoms with Gasteiger partial charge in [0.2, 0.25) is 0 Å². The van der Waals surface area contributed by atoms with Crippen LogP contribution in [0.2, 0.25) is 0 Å². The number of nitrogens with one attached hydrogen (secondary N) is 1. The first-order valence-corrected chi connectivity index (χ1v) is 14.2. The maximum atomic E-state index is 13.1. The second-order valence-electron chi connectivity index (χ2n) is 9.31. The number of ether oxygens (including phenoxy) is 1. The van der Waals surface area contributed by atoms with Crippen molar-refractivity contribution < 1.29 is 9.53 Å². The molecule has 5 rings (SSSR count). The van der Waals surface area contributed by atoms with Crippen molar-refractivity contribution >= 4 is 44.5 Å². The first kappa shape index (κ1) is 25.5. The molecule has 0 unspecified atom stereocenters. The number of hydrogen-bond donors (Lipinski definition) is 1. The molecule has 0 bridgehead atoms. The highest BCUT2D eigenvalue weighted by Crippen LogP contribution is 2.37. The molecule has 0 saturated carbocycles. The third-order valence-corrected chi connectivity index (χ3v) is 9.48. The number of likely N-dealkylation sites (tertiary alicyclic amines) is 1. The maximum Gasteiger partial charge on any atom is 0.251 e. The minimum absolute atomic E-state index is 0.173. The summed E-state index contributed by atoms with van der Waals surface area (Å²) in [4.78, 5) is 33.0. The molecule has 1 aliphatic rings. The molecule has 1 saturated heterocycles. The number of amides is 1. The van der Waals surface area contributed by atoms with Crippen LogP contribution in [0.15, 0.2) is 58.7 Å². The second-order valence-corrected chi connectivity index (χ2v) is 11.3. The molecule has 0 atom stereocenters. The van der Waals surface area contributed by atoms with Crippen molar-refractivity contribution in [2.75, 3.05) is 45.7 Å². The molecule has 1 aromatic carbocycles. The number of fused-ring (bicyclic) bond motifs is 1. The van der Waals surface area contributed by atoms with Gasteiger partial charge in [-0.15, -0.1) is 22.7 Å². The number of carbonyl (C=O) groups is 1. The Morgan fingerprint density at radius 3 is 2.62 bits per heavy atom. The van der Waals surface area contributed by atoms with Gasteiger partial charge in [-0.25, -0.2) is 0 Å². The van der Waals surface area contributed by atoms with Gasteiger partial charge in [0.05, 0.1) is 23.2 Å². The average molecular weight is 537 g/mol. The van der Waals surface area contributed by atoms with E-state index in [2.05, 4.69) is 51.8 Å². The van der Waals surface area contributed by atoms with E-state index in [4.69, 9.17) is 4.74 Å². The highest BCUT2D eigenvalue weighted by molar-refractivity contribution is 7.23. The Hall–Kier alpha value is -3.14. The zero-order chi connectivity index (χ0) is 25.9. The molecule has 1 fully saturated rings. The van der Waals surface area contributed by atoms with E-state index in [1.54, 1.807) is 30.1 Å². The molecule has 0 radical (unpaired) electrons. The summed E-state index contributed by atoms with van der Waals surface area (Å²) in [5, 5.41) is 6.82. The van der Waals surface area contributed by atoms with Crippen molar-refractivity contribution in [1.29, 1.82) is 0 Å². The first-order chi connectivity index (χ1) is 18.0. The number of nitrogens with zero attached hydrogens (tertiary/aromatic N) is 3. The Labute approximate surface area is 224 Å². The van der Waals surface area contributed by atoms with Crippen molar-refractivity contribution in [3.05, 3.63) is 69.8 Å². The first-order valence-electron chi connectivity index (χ1n) is 12.5. The molecule has 1 amide bonds. The molecule has 9 heteroatoms. The van der Waals surface area contributed by atoms with Crippen molar-refractivity contribution in [3.8, 4) is 15.5 Å². The number of anilines is 1. The standard InChI is InChI=1S/C28H32N4O3S2/c1-29-28(34)22-18-26(33)32(23-17-20(35-3)6-7-21(22)23)15-14-31-12-10-19(11-13-31)30(2)27-9-8-25(37-27)24-5-4-16-36-24/h4-9,16-19H,10-15H2,1-3H3,(H,29,34). The van der Waals surface area contributed by atoms with Gasteiger partial charge in [0.1, 0.15) is 5.75 Å². The van der Waals surface area contributed by atoms with E-state index in [0.29, 0.717) is 23.9 Å². The number of aromatic nitrogens is 1. The predicted octanol–water partition coefficient (Wildman–Crippen LogP) is 4.76. The molecule has 194 valence electrons. The summed E-state index contributed by atoms with van der Waals surface area (Å²) in [6, 6.07) is 16.2. The third kappa shape index (κ3) is 5.30. The molecule has 4 aromatic rings. The number of pyridine rings is 1. The summed E-state index contributed by atoms with van der Waals surface area (Å²) >= 11 is 3.64. The monoisotopic (exact) mass is 536 g/mol. The number of methoxy groups -OCH3 is 1. The molecule has 1 aliphatic heterocycles. The summed E-state index contributed by atoms with van der Waals surface area (Å²) in [5.74, 6) is 0.397. The van der Waals surface area contributed by atoms with E-state index >= 15 is 0 Å². The van der Waals surface area contributed by atoms with Gasteiger partial charge >= 0.3 is 0 Å². The van der Waals surface area contributed by atoms with Gasteiger partial charge in [0.15, 0.2) is 0 Å². The van der Waals surface area contributed by atoms with Crippen LogP contribution in [0.5, 0.6) is 5.75 Å². The van der Waals surface area contributed by atoms with Crippen LogP contribution in [0.1, 0.15) is 23.2 Å². The Morgan fingerprint density at radius 2 is 1.92 bits per heavy atom. The molecule has 1 N–H and O–H groups in total. The van der Waals surface area contributed by atoms with Crippen molar-refractivity contribution in [2.24, 2.45) is 0 Å². The van der Waals surface area contributed by atoms with Crippen LogP contribution in [-0.4, -0.2) is 62.3 Å².